The number of esters is 1. The number of thiocarbonyl (C=S) groups is 1. The Labute approximate surface area is 227 Å². The predicted octanol–water partition coefficient (Wildman–Crippen LogP) is 3.74. The van der Waals surface area contributed by atoms with Gasteiger partial charge in [0.15, 0.2) is 5.54 Å². The number of rotatable bonds is 1. The molecule has 0 aromatic rings. The van der Waals surface area contributed by atoms with Gasteiger partial charge < -0.3 is 14.9 Å². The van der Waals surface area contributed by atoms with Gasteiger partial charge in [0.2, 0.25) is 5.12 Å². The Kier molecular flexibility index (Phi) is 9.79. The van der Waals surface area contributed by atoms with Crippen LogP contribution in [0.15, 0.2) is 40.9 Å². The third-order valence-electron chi connectivity index (χ3n) is 6.96. The molecular weight excluding hydrogens is 516 g/mol. The zero-order chi connectivity index (χ0) is 26.7. The Hall–Kier alpha value is -1.30. The lowest BCUT2D eigenvalue weighted by Crippen LogP contribution is -2.50. The largest absolute Gasteiger partial charge is 0.452 e. The first kappa shape index (κ1) is 29.3. The molecule has 1 saturated heterocycles. The van der Waals surface area contributed by atoms with Crippen LogP contribution in [0.1, 0.15) is 53.9 Å². The summed E-state index contributed by atoms with van der Waals surface area (Å²) >= 11 is 7.97. The summed E-state index contributed by atoms with van der Waals surface area (Å²) in [5.74, 6) is 0.238. The predicted molar refractivity (Wildman–Crippen MR) is 151 cm³/mol. The third-order valence-corrected chi connectivity index (χ3v) is 10.0. The van der Waals surface area contributed by atoms with Gasteiger partial charge in [-0.2, -0.15) is 0 Å². The number of hydrogen-bond acceptors (Lipinski definition) is 10. The zero-order valence-corrected chi connectivity index (χ0v) is 23.8. The van der Waals surface area contributed by atoms with Crippen LogP contribution < -0.4 is 5.32 Å². The molecule has 0 aromatic carbocycles. The van der Waals surface area contributed by atoms with Crippen LogP contribution in [0.25, 0.3) is 0 Å². The average Bonchev–Trinajstić information content (AvgIpc) is 3.44. The van der Waals surface area contributed by atoms with Gasteiger partial charge in [-0.15, -0.1) is 11.8 Å². The Bertz CT molecular complexity index is 1010. The van der Waals surface area contributed by atoms with E-state index in [-0.39, 0.29) is 28.3 Å². The summed E-state index contributed by atoms with van der Waals surface area (Å²) in [6, 6.07) is -0.562. The van der Waals surface area contributed by atoms with E-state index < -0.39 is 34.8 Å². The van der Waals surface area contributed by atoms with Crippen molar-refractivity contribution in [2.45, 2.75) is 88.6 Å². The topological polar surface area (TPSA) is 108 Å². The Balaban J connectivity index is 1.90. The number of aliphatic hydroxyl groups excluding tert-OH is 1. The smallest absolute Gasteiger partial charge is 0.324 e. The minimum Gasteiger partial charge on any atom is -0.452 e. The van der Waals surface area contributed by atoms with Gasteiger partial charge in [0.25, 0.3) is 0 Å². The van der Waals surface area contributed by atoms with Crippen LogP contribution in [0, 0.1) is 5.92 Å². The van der Waals surface area contributed by atoms with Gasteiger partial charge in [-0.25, -0.2) is 0 Å². The van der Waals surface area contributed by atoms with Crippen LogP contribution in [0.5, 0.6) is 0 Å². The molecule has 3 aliphatic heterocycles. The number of cyclic esters (lactones) is 1. The van der Waals surface area contributed by atoms with E-state index in [4.69, 9.17) is 17.0 Å². The molecule has 7 atom stereocenters. The normalized spacial score (nSPS) is 41.0. The van der Waals surface area contributed by atoms with Crippen molar-refractivity contribution in [3.05, 3.63) is 36.0 Å². The number of hydrogen-bond donors (Lipinski definition) is 3. The highest BCUT2D eigenvalue weighted by Gasteiger charge is 2.51. The number of aliphatic imine (C=N–C) groups is 1. The van der Waals surface area contributed by atoms with E-state index in [1.165, 1.54) is 18.7 Å². The fourth-order valence-electron chi connectivity index (χ4n) is 4.09. The Morgan fingerprint density at radius 1 is 1.28 bits per heavy atom. The number of carbonyl (C=O) groups excluding carboxylic acids is 2. The first-order valence-electron chi connectivity index (χ1n) is 12.2. The average molecular weight is 553 g/mol. The number of fused-ring (bicyclic) bond motifs is 4. The van der Waals surface area contributed by atoms with Crippen LogP contribution in [0.4, 0.5) is 0 Å². The van der Waals surface area contributed by atoms with Gasteiger partial charge in [-0.3, -0.25) is 19.9 Å². The molecule has 10 heteroatoms. The summed E-state index contributed by atoms with van der Waals surface area (Å²) < 4.78 is 5.82. The van der Waals surface area contributed by atoms with E-state index in [1.54, 1.807) is 6.92 Å². The molecule has 36 heavy (non-hydrogen) atoms. The summed E-state index contributed by atoms with van der Waals surface area (Å²) in [6.07, 6.45) is 9.11. The van der Waals surface area contributed by atoms with Crippen molar-refractivity contribution in [2.75, 3.05) is 5.75 Å². The second-order valence-corrected chi connectivity index (χ2v) is 12.6. The molecular formula is C26H36N2O5S3. The minimum atomic E-state index is -1.59. The second-order valence-electron chi connectivity index (χ2n) is 9.95. The molecule has 0 radical (unpaired) electrons. The van der Waals surface area contributed by atoms with Crippen LogP contribution in [-0.4, -0.2) is 71.7 Å². The van der Waals surface area contributed by atoms with Crippen molar-refractivity contribution in [2.24, 2.45) is 10.9 Å². The maximum atomic E-state index is 13.0. The van der Waals surface area contributed by atoms with Crippen molar-refractivity contribution in [3.63, 3.8) is 0 Å². The van der Waals surface area contributed by atoms with Gasteiger partial charge in [-0.05, 0) is 69.9 Å². The molecule has 0 aliphatic carbocycles. The van der Waals surface area contributed by atoms with E-state index in [9.17, 15) is 19.8 Å². The van der Waals surface area contributed by atoms with E-state index in [0.29, 0.717) is 23.6 Å². The third kappa shape index (κ3) is 6.57. The first-order chi connectivity index (χ1) is 16.9. The molecule has 2 unspecified atom stereocenters. The second kappa shape index (κ2) is 12.0. The van der Waals surface area contributed by atoms with E-state index >= 15 is 0 Å². The van der Waals surface area contributed by atoms with Crippen molar-refractivity contribution in [1.29, 1.82) is 0 Å². The lowest BCUT2D eigenvalue weighted by atomic mass is 9.88. The SMILES string of the molecule is C/C=C(\C)[C@H]1/C=C\C=C\C(C)CC[C@@H](O)[C@@](C)(O)C(=S)CC2=N[C@](C)(C(=O)S2)C2N[C@@H](CS2)C(=O)O1. The maximum absolute atomic E-state index is 13.0. The molecule has 7 nitrogen and oxygen atoms in total. The molecule has 4 bridgehead atoms. The van der Waals surface area contributed by atoms with Crippen LogP contribution in [0.3, 0.4) is 0 Å². The molecule has 1 fully saturated rings. The van der Waals surface area contributed by atoms with Crippen LogP contribution >= 0.6 is 35.7 Å². The van der Waals surface area contributed by atoms with Crippen LogP contribution in [-0.2, 0) is 14.3 Å². The molecule has 3 rings (SSSR count). The zero-order valence-electron chi connectivity index (χ0n) is 21.4. The number of carbonyl (C=O) groups is 2. The number of thioether (sulfide) groups is 2. The van der Waals surface area contributed by atoms with Gasteiger partial charge >= 0.3 is 5.97 Å². The number of ether oxygens (including phenoxy) is 1. The van der Waals surface area contributed by atoms with Crippen LogP contribution in [0.2, 0.25) is 0 Å². The van der Waals surface area contributed by atoms with Crippen molar-refractivity contribution >= 4 is 56.7 Å². The highest BCUT2D eigenvalue weighted by molar-refractivity contribution is 8.27. The van der Waals surface area contributed by atoms with Gasteiger partial charge in [-0.1, -0.05) is 43.4 Å². The molecule has 3 N–H and O–H groups in total. The first-order valence-corrected chi connectivity index (χ1v) is 14.5. The number of aliphatic hydroxyl groups is 2. The molecule has 0 saturated carbocycles. The number of allylic oxidation sites excluding steroid dienone is 4. The Morgan fingerprint density at radius 3 is 2.67 bits per heavy atom. The fourth-order valence-corrected chi connectivity index (χ4v) is 6.92. The monoisotopic (exact) mass is 552 g/mol. The molecule has 3 aliphatic rings. The van der Waals surface area contributed by atoms with E-state index in [1.807, 2.05) is 51.2 Å². The fraction of sp³-hybridized carbons (Fsp3) is 0.615. The lowest BCUT2D eigenvalue weighted by Gasteiger charge is -2.30. The summed E-state index contributed by atoms with van der Waals surface area (Å²) in [4.78, 5) is 30.9. The lowest BCUT2D eigenvalue weighted by molar-refractivity contribution is -0.147. The summed E-state index contributed by atoms with van der Waals surface area (Å²) in [6.45, 7) is 9.11. The molecule has 0 amide bonds. The van der Waals surface area contributed by atoms with Gasteiger partial charge in [0, 0.05) is 17.0 Å². The minimum absolute atomic E-state index is 0.124. The van der Waals surface area contributed by atoms with Gasteiger partial charge in [0.05, 0.1) is 16.5 Å². The standard InChI is InChI=1S/C26H36N2O5S3/c1-6-16(3)18-10-8-7-9-15(2)11-12-19(29)26(5,32)20(34)13-21-28-25(4,24(31)36-21)23-27-17(14-35-23)22(30)33-18/h6-10,15,17-19,23,27,29,32H,11-14H2,1-5H3/b9-7+,10-8-,16-6+/t15?,17-,18+,19+,23?,25-,26+/m0/s1. The highest BCUT2D eigenvalue weighted by Crippen LogP contribution is 2.40. The summed E-state index contributed by atoms with van der Waals surface area (Å²) in [7, 11) is 0. The molecule has 3 heterocycles. The highest BCUT2D eigenvalue weighted by atomic mass is 32.2. The summed E-state index contributed by atoms with van der Waals surface area (Å²) in [5.41, 5.74) is -1.76. The number of nitrogens with one attached hydrogen (secondary N) is 1. The number of nitrogens with zero attached hydrogens (tertiary/aromatic N) is 1. The van der Waals surface area contributed by atoms with E-state index in [2.05, 4.69) is 10.3 Å². The molecule has 0 spiro atoms. The quantitative estimate of drug-likeness (QED) is 0.255. The van der Waals surface area contributed by atoms with Crippen molar-refractivity contribution in [1.82, 2.24) is 5.32 Å². The van der Waals surface area contributed by atoms with Crippen molar-refractivity contribution in [3.8, 4) is 0 Å². The Morgan fingerprint density at radius 2 is 1.97 bits per heavy atom. The van der Waals surface area contributed by atoms with E-state index in [0.717, 1.165) is 17.3 Å². The van der Waals surface area contributed by atoms with Crippen molar-refractivity contribution < 1.29 is 24.5 Å². The molecule has 0 aromatic heterocycles. The maximum Gasteiger partial charge on any atom is 0.324 e. The van der Waals surface area contributed by atoms with Gasteiger partial charge in [0.1, 0.15) is 17.7 Å². The summed E-state index contributed by atoms with van der Waals surface area (Å²) in [5, 5.41) is 25.0. The molecule has 198 valence electrons.